The largest absolute Gasteiger partial charge is 0.416 e. The molecule has 1 heterocycles. The maximum atomic E-state index is 13.8. The van der Waals surface area contributed by atoms with Crippen molar-refractivity contribution in [1.29, 1.82) is 0 Å². The number of hydrogen-bond donors (Lipinski definition) is 2. The first-order valence-electron chi connectivity index (χ1n) is 13.7. The van der Waals surface area contributed by atoms with Crippen molar-refractivity contribution in [3.8, 4) is 0 Å². The average molecular weight is 543 g/mol. The van der Waals surface area contributed by atoms with E-state index >= 15 is 0 Å². The van der Waals surface area contributed by atoms with E-state index in [2.05, 4.69) is 10.6 Å². The first kappa shape index (κ1) is 27.7. The number of alkyl halides is 3. The van der Waals surface area contributed by atoms with Gasteiger partial charge in [0.2, 0.25) is 5.91 Å². The molecule has 0 saturated carbocycles. The Morgan fingerprint density at radius 1 is 0.750 bits per heavy atom. The van der Waals surface area contributed by atoms with Crippen LogP contribution in [0.25, 0.3) is 0 Å². The fourth-order valence-electron chi connectivity index (χ4n) is 5.83. The Balaban J connectivity index is 1.48. The van der Waals surface area contributed by atoms with Gasteiger partial charge in [-0.25, -0.2) is 0 Å². The molecule has 3 unspecified atom stereocenters. The summed E-state index contributed by atoms with van der Waals surface area (Å²) in [5, 5.41) is 6.77. The summed E-state index contributed by atoms with van der Waals surface area (Å²) in [6.07, 6.45) is -3.28. The van der Waals surface area contributed by atoms with Gasteiger partial charge in [0.1, 0.15) is 0 Å². The van der Waals surface area contributed by atoms with Crippen LogP contribution in [0.15, 0.2) is 115 Å². The first-order chi connectivity index (χ1) is 19.4. The molecule has 5 rings (SSSR count). The number of hydrogen-bond acceptors (Lipinski definition) is 2. The Kier molecular flexibility index (Phi) is 8.66. The number of rotatable bonds is 9. The lowest BCUT2D eigenvalue weighted by Crippen LogP contribution is -2.46. The highest BCUT2D eigenvalue weighted by Crippen LogP contribution is 2.37. The van der Waals surface area contributed by atoms with E-state index in [1.165, 1.54) is 0 Å². The number of carbonyl (C=O) groups is 1. The van der Waals surface area contributed by atoms with Crippen molar-refractivity contribution in [2.24, 2.45) is 5.92 Å². The number of amides is 1. The van der Waals surface area contributed by atoms with Crippen LogP contribution in [0, 0.1) is 5.92 Å². The van der Waals surface area contributed by atoms with E-state index in [1.807, 2.05) is 91.0 Å². The number of carbonyl (C=O) groups excluding carboxylic acids is 1. The Morgan fingerprint density at radius 2 is 1.25 bits per heavy atom. The smallest absolute Gasteiger partial charge is 0.352 e. The predicted octanol–water partition coefficient (Wildman–Crippen LogP) is 7.15. The number of benzene rings is 4. The summed E-state index contributed by atoms with van der Waals surface area (Å²) in [6, 6.07) is 34.8. The first-order valence-corrected chi connectivity index (χ1v) is 13.7. The molecular weight excluding hydrogens is 509 g/mol. The molecule has 0 spiro atoms. The van der Waals surface area contributed by atoms with Crippen molar-refractivity contribution in [3.05, 3.63) is 143 Å². The van der Waals surface area contributed by atoms with Crippen molar-refractivity contribution >= 4 is 5.91 Å². The Hall–Kier alpha value is -3.90. The van der Waals surface area contributed by atoms with Gasteiger partial charge < -0.3 is 10.6 Å². The molecule has 6 heteroatoms. The van der Waals surface area contributed by atoms with Crippen LogP contribution in [0.3, 0.4) is 0 Å². The fraction of sp³-hybridized carbons (Fsp3) is 0.265. The van der Waals surface area contributed by atoms with Gasteiger partial charge in [0.15, 0.2) is 0 Å². The fourth-order valence-corrected chi connectivity index (χ4v) is 5.83. The quantitative estimate of drug-likeness (QED) is 0.236. The van der Waals surface area contributed by atoms with E-state index in [4.69, 9.17) is 0 Å². The Labute approximate surface area is 233 Å². The van der Waals surface area contributed by atoms with Gasteiger partial charge in [-0.2, -0.15) is 13.2 Å². The van der Waals surface area contributed by atoms with Crippen LogP contribution in [0.4, 0.5) is 13.2 Å². The molecule has 4 aromatic carbocycles. The van der Waals surface area contributed by atoms with Gasteiger partial charge in [-0.3, -0.25) is 4.79 Å². The van der Waals surface area contributed by atoms with E-state index in [0.717, 1.165) is 53.9 Å². The van der Waals surface area contributed by atoms with E-state index < -0.39 is 11.7 Å². The second kappa shape index (κ2) is 12.5. The molecule has 0 radical (unpaired) electrons. The van der Waals surface area contributed by atoms with E-state index in [0.29, 0.717) is 0 Å². The molecule has 40 heavy (non-hydrogen) atoms. The third-order valence-corrected chi connectivity index (χ3v) is 7.84. The van der Waals surface area contributed by atoms with Gasteiger partial charge in [-0.05, 0) is 59.8 Å². The molecule has 0 aliphatic carbocycles. The van der Waals surface area contributed by atoms with Crippen LogP contribution < -0.4 is 10.6 Å². The number of halogens is 3. The van der Waals surface area contributed by atoms with Crippen molar-refractivity contribution in [2.75, 3.05) is 13.1 Å². The molecule has 206 valence electrons. The zero-order chi connectivity index (χ0) is 28.0. The van der Waals surface area contributed by atoms with Gasteiger partial charge >= 0.3 is 6.18 Å². The van der Waals surface area contributed by atoms with Gasteiger partial charge in [0.05, 0.1) is 5.56 Å². The van der Waals surface area contributed by atoms with Crippen molar-refractivity contribution in [1.82, 2.24) is 10.6 Å². The summed E-state index contributed by atoms with van der Waals surface area (Å²) in [5.74, 6) is -0.374. The standard InChI is InChI=1S/C34H33F3N2O/c35-34(36,37)29-18-16-27(17-19-29)32(26-14-8-3-9-15-26)33(28-20-21-38-23-28)39-31(40)22-30(24-10-4-1-5-11-24)25-12-6-2-7-13-25/h1-19,28,30,32-33,38H,20-23H2,(H,39,40). The van der Waals surface area contributed by atoms with Crippen molar-refractivity contribution in [2.45, 2.75) is 36.9 Å². The molecule has 1 aliphatic heterocycles. The summed E-state index contributed by atoms with van der Waals surface area (Å²) in [6.45, 7) is 1.57. The van der Waals surface area contributed by atoms with E-state index in [1.54, 1.807) is 12.1 Å². The highest BCUT2D eigenvalue weighted by molar-refractivity contribution is 5.78. The van der Waals surface area contributed by atoms with Crippen LogP contribution >= 0.6 is 0 Å². The van der Waals surface area contributed by atoms with E-state index in [-0.39, 0.29) is 36.1 Å². The summed E-state index contributed by atoms with van der Waals surface area (Å²) < 4.78 is 40.1. The third kappa shape index (κ3) is 6.62. The molecule has 1 aliphatic rings. The van der Waals surface area contributed by atoms with Gasteiger partial charge in [-0.15, -0.1) is 0 Å². The van der Waals surface area contributed by atoms with Crippen LogP contribution in [0.5, 0.6) is 0 Å². The zero-order valence-corrected chi connectivity index (χ0v) is 22.1. The number of nitrogens with one attached hydrogen (secondary N) is 2. The third-order valence-electron chi connectivity index (χ3n) is 7.84. The molecule has 1 saturated heterocycles. The maximum absolute atomic E-state index is 13.8. The Bertz CT molecular complexity index is 1310. The molecule has 3 atom stereocenters. The normalized spacial score (nSPS) is 16.9. The van der Waals surface area contributed by atoms with Crippen LogP contribution in [-0.4, -0.2) is 25.0 Å². The molecule has 0 bridgehead atoms. The van der Waals surface area contributed by atoms with Crippen molar-refractivity contribution in [3.63, 3.8) is 0 Å². The zero-order valence-electron chi connectivity index (χ0n) is 22.1. The minimum Gasteiger partial charge on any atom is -0.352 e. The van der Waals surface area contributed by atoms with Gasteiger partial charge in [0, 0.05) is 24.3 Å². The summed E-state index contributed by atoms with van der Waals surface area (Å²) in [4.78, 5) is 13.8. The van der Waals surface area contributed by atoms with Crippen LogP contribution in [0.2, 0.25) is 0 Å². The molecule has 4 aromatic rings. The highest BCUT2D eigenvalue weighted by Gasteiger charge is 2.36. The lowest BCUT2D eigenvalue weighted by atomic mass is 9.78. The minimum atomic E-state index is -4.41. The van der Waals surface area contributed by atoms with Crippen molar-refractivity contribution < 1.29 is 18.0 Å². The summed E-state index contributed by atoms with van der Waals surface area (Å²) in [5.41, 5.74) is 3.15. The monoisotopic (exact) mass is 542 g/mol. The van der Waals surface area contributed by atoms with Gasteiger partial charge in [-0.1, -0.05) is 103 Å². The molecule has 0 aromatic heterocycles. The summed E-state index contributed by atoms with van der Waals surface area (Å²) >= 11 is 0. The second-order valence-corrected chi connectivity index (χ2v) is 10.4. The SMILES string of the molecule is O=C(CC(c1ccccc1)c1ccccc1)NC(C1CCNC1)C(c1ccccc1)c1ccc(C(F)(F)F)cc1. The lowest BCUT2D eigenvalue weighted by molar-refractivity contribution is -0.137. The topological polar surface area (TPSA) is 41.1 Å². The van der Waals surface area contributed by atoms with E-state index in [9.17, 15) is 18.0 Å². The minimum absolute atomic E-state index is 0.0811. The highest BCUT2D eigenvalue weighted by atomic mass is 19.4. The molecule has 3 nitrogen and oxygen atoms in total. The molecule has 1 fully saturated rings. The maximum Gasteiger partial charge on any atom is 0.416 e. The molecule has 1 amide bonds. The van der Waals surface area contributed by atoms with Crippen LogP contribution in [0.1, 0.15) is 52.5 Å². The average Bonchev–Trinajstić information content (AvgIpc) is 3.52. The van der Waals surface area contributed by atoms with Gasteiger partial charge in [0.25, 0.3) is 0 Å². The molecule has 2 N–H and O–H groups in total. The predicted molar refractivity (Wildman–Crippen MR) is 152 cm³/mol. The lowest BCUT2D eigenvalue weighted by Gasteiger charge is -2.34. The second-order valence-electron chi connectivity index (χ2n) is 10.4. The Morgan fingerprint density at radius 3 is 1.73 bits per heavy atom. The molecular formula is C34H33F3N2O. The van der Waals surface area contributed by atoms with Crippen LogP contribution in [-0.2, 0) is 11.0 Å². The summed E-state index contributed by atoms with van der Waals surface area (Å²) in [7, 11) is 0.